The van der Waals surface area contributed by atoms with Crippen LogP contribution < -0.4 is 5.32 Å². The molecule has 0 radical (unpaired) electrons. The molecule has 4 nitrogen and oxygen atoms in total. The Morgan fingerprint density at radius 3 is 3.00 bits per heavy atom. The standard InChI is InChI=1S/C12H16N4/c1-13-7-4-6-12-15-9-11(16-12)10-5-2-3-8-14-10/h2-3,5,8-9,13H,4,6-7H2,1H3,(H,15,16). The lowest BCUT2D eigenvalue weighted by Gasteiger charge is -1.97. The van der Waals surface area contributed by atoms with Gasteiger partial charge in [0.2, 0.25) is 0 Å². The average molecular weight is 216 g/mol. The van der Waals surface area contributed by atoms with E-state index in [1.54, 1.807) is 6.20 Å². The van der Waals surface area contributed by atoms with Crippen LogP contribution in [0.2, 0.25) is 0 Å². The van der Waals surface area contributed by atoms with Crippen LogP contribution >= 0.6 is 0 Å². The van der Waals surface area contributed by atoms with Crippen LogP contribution in [0.25, 0.3) is 11.4 Å². The summed E-state index contributed by atoms with van der Waals surface area (Å²) < 4.78 is 0. The molecule has 4 heteroatoms. The van der Waals surface area contributed by atoms with Gasteiger partial charge < -0.3 is 10.3 Å². The maximum Gasteiger partial charge on any atom is 0.106 e. The molecule has 0 aliphatic heterocycles. The number of aryl methyl sites for hydroxylation is 1. The number of hydrogen-bond donors (Lipinski definition) is 2. The zero-order chi connectivity index (χ0) is 11.2. The van der Waals surface area contributed by atoms with Crippen LogP contribution in [0, 0.1) is 0 Å². The van der Waals surface area contributed by atoms with Crippen LogP contribution in [-0.4, -0.2) is 28.5 Å². The van der Waals surface area contributed by atoms with E-state index in [1.165, 1.54) is 0 Å². The largest absolute Gasteiger partial charge is 0.341 e. The second-order valence-corrected chi connectivity index (χ2v) is 3.67. The summed E-state index contributed by atoms with van der Waals surface area (Å²) in [6, 6.07) is 5.86. The van der Waals surface area contributed by atoms with Crippen LogP contribution in [0.4, 0.5) is 0 Å². The summed E-state index contributed by atoms with van der Waals surface area (Å²) in [6.45, 7) is 1.01. The first-order chi connectivity index (χ1) is 7.90. The molecule has 2 N–H and O–H groups in total. The third kappa shape index (κ3) is 2.67. The molecular weight excluding hydrogens is 200 g/mol. The number of H-pyrrole nitrogens is 1. The van der Waals surface area contributed by atoms with E-state index in [0.29, 0.717) is 0 Å². The van der Waals surface area contributed by atoms with Gasteiger partial charge in [0.1, 0.15) is 5.82 Å². The number of imidazole rings is 1. The van der Waals surface area contributed by atoms with Crippen molar-refractivity contribution in [3.8, 4) is 11.4 Å². The van der Waals surface area contributed by atoms with Crippen LogP contribution in [0.3, 0.4) is 0 Å². The highest BCUT2D eigenvalue weighted by Gasteiger charge is 2.03. The van der Waals surface area contributed by atoms with E-state index in [2.05, 4.69) is 20.3 Å². The van der Waals surface area contributed by atoms with Gasteiger partial charge in [0.05, 0.1) is 17.6 Å². The summed E-state index contributed by atoms with van der Waals surface area (Å²) in [5, 5.41) is 3.12. The van der Waals surface area contributed by atoms with Crippen LogP contribution in [0.1, 0.15) is 12.2 Å². The van der Waals surface area contributed by atoms with Gasteiger partial charge >= 0.3 is 0 Å². The molecule has 2 heterocycles. The summed E-state index contributed by atoms with van der Waals surface area (Å²) in [6.07, 6.45) is 5.69. The summed E-state index contributed by atoms with van der Waals surface area (Å²) >= 11 is 0. The Bertz CT molecular complexity index is 422. The monoisotopic (exact) mass is 216 g/mol. The molecule has 0 aliphatic carbocycles. The van der Waals surface area contributed by atoms with E-state index < -0.39 is 0 Å². The zero-order valence-electron chi connectivity index (χ0n) is 9.40. The van der Waals surface area contributed by atoms with Crippen molar-refractivity contribution in [1.82, 2.24) is 20.3 Å². The lowest BCUT2D eigenvalue weighted by Crippen LogP contribution is -2.08. The molecule has 0 spiro atoms. The minimum Gasteiger partial charge on any atom is -0.341 e. The molecule has 0 aliphatic rings. The first-order valence-corrected chi connectivity index (χ1v) is 5.50. The second kappa shape index (κ2) is 5.42. The van der Waals surface area contributed by atoms with Gasteiger partial charge in [-0.15, -0.1) is 0 Å². The van der Waals surface area contributed by atoms with E-state index in [-0.39, 0.29) is 0 Å². The predicted molar refractivity (Wildman–Crippen MR) is 64.1 cm³/mol. The van der Waals surface area contributed by atoms with E-state index in [0.717, 1.165) is 36.6 Å². The fourth-order valence-corrected chi connectivity index (χ4v) is 1.57. The molecule has 0 fully saturated rings. The van der Waals surface area contributed by atoms with Crippen molar-refractivity contribution in [2.24, 2.45) is 0 Å². The van der Waals surface area contributed by atoms with E-state index in [9.17, 15) is 0 Å². The quantitative estimate of drug-likeness (QED) is 0.747. The number of nitrogens with one attached hydrogen (secondary N) is 2. The smallest absolute Gasteiger partial charge is 0.106 e. The Kier molecular flexibility index (Phi) is 3.66. The van der Waals surface area contributed by atoms with E-state index in [1.807, 2.05) is 31.4 Å². The van der Waals surface area contributed by atoms with Crippen LogP contribution in [-0.2, 0) is 6.42 Å². The predicted octanol–water partition coefficient (Wildman–Crippen LogP) is 1.62. The van der Waals surface area contributed by atoms with Gasteiger partial charge in [0, 0.05) is 12.6 Å². The maximum absolute atomic E-state index is 4.34. The molecule has 0 saturated heterocycles. The van der Waals surface area contributed by atoms with Gasteiger partial charge in [-0.05, 0) is 32.1 Å². The minimum atomic E-state index is 0.940. The number of nitrogens with zero attached hydrogens (tertiary/aromatic N) is 2. The van der Waals surface area contributed by atoms with Crippen molar-refractivity contribution < 1.29 is 0 Å². The van der Waals surface area contributed by atoms with Crippen molar-refractivity contribution in [3.05, 3.63) is 36.4 Å². The molecule has 2 aromatic rings. The molecular formula is C12H16N4. The second-order valence-electron chi connectivity index (χ2n) is 3.67. The highest BCUT2D eigenvalue weighted by Crippen LogP contribution is 2.13. The molecule has 0 saturated carbocycles. The van der Waals surface area contributed by atoms with Gasteiger partial charge in [-0.3, -0.25) is 4.98 Å². The van der Waals surface area contributed by atoms with Crippen molar-refractivity contribution >= 4 is 0 Å². The topological polar surface area (TPSA) is 53.6 Å². The summed E-state index contributed by atoms with van der Waals surface area (Å²) in [7, 11) is 1.96. The molecule has 16 heavy (non-hydrogen) atoms. The summed E-state index contributed by atoms with van der Waals surface area (Å²) in [5.74, 6) is 1.02. The zero-order valence-corrected chi connectivity index (χ0v) is 9.40. The van der Waals surface area contributed by atoms with Gasteiger partial charge in [0.15, 0.2) is 0 Å². The summed E-state index contributed by atoms with van der Waals surface area (Å²) in [5.41, 5.74) is 1.93. The number of hydrogen-bond acceptors (Lipinski definition) is 3. The Labute approximate surface area is 95.1 Å². The van der Waals surface area contributed by atoms with Crippen molar-refractivity contribution in [2.45, 2.75) is 12.8 Å². The fraction of sp³-hybridized carbons (Fsp3) is 0.333. The van der Waals surface area contributed by atoms with Gasteiger partial charge in [0.25, 0.3) is 0 Å². The molecule has 0 bridgehead atoms. The van der Waals surface area contributed by atoms with E-state index >= 15 is 0 Å². The van der Waals surface area contributed by atoms with E-state index in [4.69, 9.17) is 0 Å². The maximum atomic E-state index is 4.34. The van der Waals surface area contributed by atoms with Crippen molar-refractivity contribution in [2.75, 3.05) is 13.6 Å². The average Bonchev–Trinajstić information content (AvgIpc) is 2.79. The number of rotatable bonds is 5. The number of aromatic nitrogens is 3. The molecule has 0 unspecified atom stereocenters. The van der Waals surface area contributed by atoms with Gasteiger partial charge in [-0.2, -0.15) is 0 Å². The summed E-state index contributed by atoms with van der Waals surface area (Å²) in [4.78, 5) is 11.9. The third-order valence-electron chi connectivity index (χ3n) is 2.41. The van der Waals surface area contributed by atoms with Gasteiger partial charge in [-0.1, -0.05) is 6.07 Å². The molecule has 2 aromatic heterocycles. The Morgan fingerprint density at radius 1 is 1.31 bits per heavy atom. The normalized spacial score (nSPS) is 10.6. The Morgan fingerprint density at radius 2 is 2.25 bits per heavy atom. The third-order valence-corrected chi connectivity index (χ3v) is 2.41. The molecule has 84 valence electrons. The first-order valence-electron chi connectivity index (χ1n) is 5.50. The Balaban J connectivity index is 2.02. The van der Waals surface area contributed by atoms with Crippen LogP contribution in [0.15, 0.2) is 30.6 Å². The highest BCUT2D eigenvalue weighted by atomic mass is 14.9. The Hall–Kier alpha value is -1.68. The van der Waals surface area contributed by atoms with Crippen molar-refractivity contribution in [1.29, 1.82) is 0 Å². The lowest BCUT2D eigenvalue weighted by molar-refractivity contribution is 0.707. The highest BCUT2D eigenvalue weighted by molar-refractivity contribution is 5.52. The van der Waals surface area contributed by atoms with Crippen molar-refractivity contribution in [3.63, 3.8) is 0 Å². The van der Waals surface area contributed by atoms with Gasteiger partial charge in [-0.25, -0.2) is 4.98 Å². The molecule has 0 amide bonds. The fourth-order valence-electron chi connectivity index (χ4n) is 1.57. The number of pyridine rings is 1. The molecule has 0 aromatic carbocycles. The van der Waals surface area contributed by atoms with Crippen LogP contribution in [0.5, 0.6) is 0 Å². The first kappa shape index (κ1) is 10.8. The SMILES string of the molecule is CNCCCc1ncc(-c2ccccn2)[nH]1. The molecule has 0 atom stereocenters. The minimum absolute atomic E-state index is 0.940. The molecule has 2 rings (SSSR count). The lowest BCUT2D eigenvalue weighted by atomic mass is 10.3. The number of aromatic amines is 1.